The molecule has 0 aromatic carbocycles. The first-order valence-electron chi connectivity index (χ1n) is 5.42. The molecule has 0 amide bonds. The summed E-state index contributed by atoms with van der Waals surface area (Å²) in [6, 6.07) is 0. The highest BCUT2D eigenvalue weighted by Gasteiger charge is 2.42. The third-order valence-electron chi connectivity index (χ3n) is 3.93. The Bertz CT molecular complexity index is 394. The molecular formula is C11H19N3O2. The Balaban J connectivity index is 3.27. The molecule has 0 unspecified atom stereocenters. The highest BCUT2D eigenvalue weighted by molar-refractivity contribution is 5.13. The van der Waals surface area contributed by atoms with Crippen molar-refractivity contribution in [2.24, 2.45) is 5.41 Å². The van der Waals surface area contributed by atoms with Crippen LogP contribution in [0, 0.1) is 15.5 Å². The molecule has 0 atom stereocenters. The lowest BCUT2D eigenvalue weighted by Gasteiger charge is -2.39. The summed E-state index contributed by atoms with van der Waals surface area (Å²) in [5.41, 5.74) is -0.390. The van der Waals surface area contributed by atoms with Crippen LogP contribution in [0.3, 0.4) is 0 Å². The average Bonchev–Trinajstić information content (AvgIpc) is 2.66. The van der Waals surface area contributed by atoms with Gasteiger partial charge >= 0.3 is 5.95 Å². The van der Waals surface area contributed by atoms with Crippen molar-refractivity contribution >= 4 is 5.95 Å². The Morgan fingerprint density at radius 2 is 2.00 bits per heavy atom. The fourth-order valence-electron chi connectivity index (χ4n) is 1.63. The monoisotopic (exact) mass is 225 g/mol. The predicted molar refractivity (Wildman–Crippen MR) is 62.3 cm³/mol. The first-order valence-corrected chi connectivity index (χ1v) is 5.42. The minimum Gasteiger partial charge on any atom is -0.390 e. The van der Waals surface area contributed by atoms with Crippen LogP contribution in [-0.4, -0.2) is 14.5 Å². The van der Waals surface area contributed by atoms with Crippen molar-refractivity contribution in [1.82, 2.24) is 9.55 Å². The number of imidazole rings is 1. The molecule has 0 radical (unpaired) electrons. The fraction of sp³-hybridized carbons (Fsp3) is 0.727. The Morgan fingerprint density at radius 3 is 2.44 bits per heavy atom. The van der Waals surface area contributed by atoms with E-state index in [-0.39, 0.29) is 16.9 Å². The van der Waals surface area contributed by atoms with E-state index < -0.39 is 4.92 Å². The first kappa shape index (κ1) is 12.7. The maximum absolute atomic E-state index is 10.9. The molecule has 0 saturated carbocycles. The van der Waals surface area contributed by atoms with Crippen LogP contribution in [0.2, 0.25) is 0 Å². The van der Waals surface area contributed by atoms with E-state index in [0.717, 1.165) is 6.42 Å². The molecule has 0 bridgehead atoms. The van der Waals surface area contributed by atoms with Gasteiger partial charge in [-0.1, -0.05) is 25.8 Å². The fourth-order valence-corrected chi connectivity index (χ4v) is 1.63. The second kappa shape index (κ2) is 3.88. The van der Waals surface area contributed by atoms with E-state index in [0.29, 0.717) is 0 Å². The van der Waals surface area contributed by atoms with Crippen LogP contribution >= 0.6 is 0 Å². The van der Waals surface area contributed by atoms with Gasteiger partial charge in [-0.15, -0.1) is 0 Å². The maximum atomic E-state index is 10.9. The Labute approximate surface area is 95.6 Å². The second-order valence-corrected chi connectivity index (χ2v) is 5.15. The van der Waals surface area contributed by atoms with Gasteiger partial charge in [0.25, 0.3) is 0 Å². The number of nitro groups is 1. The number of hydrogen-bond donors (Lipinski definition) is 0. The van der Waals surface area contributed by atoms with Gasteiger partial charge < -0.3 is 10.1 Å². The van der Waals surface area contributed by atoms with Crippen LogP contribution < -0.4 is 0 Å². The lowest BCUT2D eigenvalue weighted by Crippen LogP contribution is -2.41. The van der Waals surface area contributed by atoms with Gasteiger partial charge in [-0.2, -0.15) is 0 Å². The SMILES string of the molecule is CCC(C)(C)C(C)(C)n1ccnc1[N+](=O)[O-]. The molecule has 5 heteroatoms. The molecule has 0 saturated heterocycles. The highest BCUT2D eigenvalue weighted by atomic mass is 16.6. The minimum absolute atomic E-state index is 0.0432. The van der Waals surface area contributed by atoms with E-state index in [1.807, 2.05) is 13.8 Å². The smallest absolute Gasteiger partial charge is 0.390 e. The van der Waals surface area contributed by atoms with Crippen molar-refractivity contribution in [1.29, 1.82) is 0 Å². The zero-order chi connectivity index (χ0) is 12.6. The van der Waals surface area contributed by atoms with E-state index in [4.69, 9.17) is 0 Å². The molecule has 0 fully saturated rings. The van der Waals surface area contributed by atoms with Crippen LogP contribution in [0.25, 0.3) is 0 Å². The summed E-state index contributed by atoms with van der Waals surface area (Å²) in [6.07, 6.45) is 4.09. The number of nitrogens with zero attached hydrogens (tertiary/aromatic N) is 3. The van der Waals surface area contributed by atoms with E-state index in [2.05, 4.69) is 25.8 Å². The largest absolute Gasteiger partial charge is 0.434 e. The summed E-state index contributed by atoms with van der Waals surface area (Å²) >= 11 is 0. The van der Waals surface area contributed by atoms with Crippen LogP contribution in [0.4, 0.5) is 5.95 Å². The Morgan fingerprint density at radius 1 is 1.44 bits per heavy atom. The molecule has 90 valence electrons. The molecule has 0 aliphatic heterocycles. The van der Waals surface area contributed by atoms with Crippen molar-refractivity contribution in [2.75, 3.05) is 0 Å². The van der Waals surface area contributed by atoms with Crippen molar-refractivity contribution in [2.45, 2.75) is 46.6 Å². The second-order valence-electron chi connectivity index (χ2n) is 5.15. The summed E-state index contributed by atoms with van der Waals surface area (Å²) in [7, 11) is 0. The van der Waals surface area contributed by atoms with Crippen molar-refractivity contribution in [3.63, 3.8) is 0 Å². The third kappa shape index (κ3) is 1.81. The van der Waals surface area contributed by atoms with E-state index in [9.17, 15) is 10.1 Å². The number of hydrogen-bond acceptors (Lipinski definition) is 3. The molecule has 1 aromatic heterocycles. The predicted octanol–water partition coefficient (Wildman–Crippen LogP) is 2.96. The summed E-state index contributed by atoms with van der Waals surface area (Å²) in [4.78, 5) is 14.2. The maximum Gasteiger partial charge on any atom is 0.434 e. The summed E-state index contributed by atoms with van der Waals surface area (Å²) in [5.74, 6) is -0.0912. The molecule has 5 nitrogen and oxygen atoms in total. The Kier molecular flexibility index (Phi) is 3.08. The number of aromatic nitrogens is 2. The van der Waals surface area contributed by atoms with Crippen LogP contribution in [0.1, 0.15) is 41.0 Å². The van der Waals surface area contributed by atoms with Crippen LogP contribution in [0.5, 0.6) is 0 Å². The highest BCUT2D eigenvalue weighted by Crippen LogP contribution is 2.41. The van der Waals surface area contributed by atoms with E-state index in [1.165, 1.54) is 6.20 Å². The first-order chi connectivity index (χ1) is 7.24. The molecule has 0 aliphatic rings. The van der Waals surface area contributed by atoms with Crippen molar-refractivity contribution < 1.29 is 4.92 Å². The van der Waals surface area contributed by atoms with Crippen molar-refractivity contribution in [3.05, 3.63) is 22.5 Å². The summed E-state index contributed by atoms with van der Waals surface area (Å²) in [5, 5.41) is 10.9. The molecule has 0 spiro atoms. The summed E-state index contributed by atoms with van der Waals surface area (Å²) in [6.45, 7) is 10.3. The van der Waals surface area contributed by atoms with Gasteiger partial charge in [-0.05, 0) is 25.2 Å². The third-order valence-corrected chi connectivity index (χ3v) is 3.93. The quantitative estimate of drug-likeness (QED) is 0.584. The molecular weight excluding hydrogens is 206 g/mol. The van der Waals surface area contributed by atoms with Gasteiger partial charge in [-0.25, -0.2) is 4.57 Å². The zero-order valence-corrected chi connectivity index (χ0v) is 10.5. The normalized spacial score (nSPS) is 12.8. The van der Waals surface area contributed by atoms with Gasteiger partial charge in [0, 0.05) is 5.41 Å². The van der Waals surface area contributed by atoms with Gasteiger partial charge in [0.2, 0.25) is 0 Å². The van der Waals surface area contributed by atoms with Crippen LogP contribution in [-0.2, 0) is 5.54 Å². The van der Waals surface area contributed by atoms with Crippen LogP contribution in [0.15, 0.2) is 12.4 Å². The van der Waals surface area contributed by atoms with Crippen molar-refractivity contribution in [3.8, 4) is 0 Å². The average molecular weight is 225 g/mol. The molecule has 0 N–H and O–H groups in total. The molecule has 16 heavy (non-hydrogen) atoms. The lowest BCUT2D eigenvalue weighted by atomic mass is 9.72. The molecule has 0 aliphatic carbocycles. The molecule has 1 aromatic rings. The van der Waals surface area contributed by atoms with E-state index >= 15 is 0 Å². The topological polar surface area (TPSA) is 61.0 Å². The zero-order valence-electron chi connectivity index (χ0n) is 10.5. The molecule has 1 rings (SSSR count). The van der Waals surface area contributed by atoms with Gasteiger partial charge in [0.1, 0.15) is 12.4 Å². The standard InChI is InChI=1S/C11H19N3O2/c1-6-10(2,3)11(4,5)13-8-7-12-9(13)14(15)16/h7-8H,6H2,1-5H3. The lowest BCUT2D eigenvalue weighted by molar-refractivity contribution is -0.398. The summed E-state index contributed by atoms with van der Waals surface area (Å²) < 4.78 is 1.65. The number of rotatable bonds is 4. The molecule has 1 heterocycles. The van der Waals surface area contributed by atoms with Gasteiger partial charge in [0.15, 0.2) is 0 Å². The van der Waals surface area contributed by atoms with Gasteiger partial charge in [-0.3, -0.25) is 0 Å². The minimum atomic E-state index is -0.437. The van der Waals surface area contributed by atoms with Gasteiger partial charge in [0.05, 0.1) is 5.54 Å². The van der Waals surface area contributed by atoms with E-state index in [1.54, 1.807) is 10.8 Å². The Hall–Kier alpha value is -1.39.